The second kappa shape index (κ2) is 8.63. The minimum absolute atomic E-state index is 0.207. The lowest BCUT2D eigenvalue weighted by Gasteiger charge is -2.13. The smallest absolute Gasteiger partial charge is 0.203 e. The minimum atomic E-state index is -0.207. The van der Waals surface area contributed by atoms with Gasteiger partial charge in [-0.05, 0) is 24.3 Å². The van der Waals surface area contributed by atoms with Gasteiger partial charge in [0.2, 0.25) is 5.75 Å². The fraction of sp³-hybridized carbons (Fsp3) is 0.211. The summed E-state index contributed by atoms with van der Waals surface area (Å²) in [6.07, 6.45) is 2.98. The number of para-hydroxylation sites is 2. The van der Waals surface area contributed by atoms with E-state index in [4.69, 9.17) is 18.9 Å². The molecule has 1 N–H and O–H groups in total. The van der Waals surface area contributed by atoms with E-state index in [0.29, 0.717) is 28.6 Å². The Kier molecular flexibility index (Phi) is 6.28. The molecule has 0 fully saturated rings. The number of ether oxygens (including phenoxy) is 4. The lowest BCUT2D eigenvalue weighted by Crippen LogP contribution is -2.01. The van der Waals surface area contributed by atoms with E-state index in [0.717, 1.165) is 5.69 Å². The molecule has 0 aliphatic heterocycles. The second-order valence-corrected chi connectivity index (χ2v) is 4.96. The number of methoxy groups -OCH3 is 4. The van der Waals surface area contributed by atoms with Gasteiger partial charge >= 0.3 is 0 Å². The van der Waals surface area contributed by atoms with Crippen molar-refractivity contribution in [1.82, 2.24) is 0 Å². The van der Waals surface area contributed by atoms with Gasteiger partial charge in [0.1, 0.15) is 5.75 Å². The molecule has 0 saturated heterocycles. The van der Waals surface area contributed by atoms with E-state index in [1.807, 2.05) is 24.3 Å². The summed E-state index contributed by atoms with van der Waals surface area (Å²) in [5, 5.41) is 3.03. The van der Waals surface area contributed by atoms with Crippen molar-refractivity contribution in [2.75, 3.05) is 33.8 Å². The average Bonchev–Trinajstić information content (AvgIpc) is 2.66. The third kappa shape index (κ3) is 4.23. The molecule has 0 atom stereocenters. The van der Waals surface area contributed by atoms with Crippen molar-refractivity contribution in [3.05, 3.63) is 54.2 Å². The highest BCUT2D eigenvalue weighted by atomic mass is 16.5. The standard InChI is InChI=1S/C19H21NO5/c1-22-16-8-6-5-7-14(16)20-10-9-15(21)13-11-17(23-2)19(25-4)18(12-13)24-3/h5-12,20H,1-4H3/b10-9+. The first-order valence-corrected chi connectivity index (χ1v) is 7.55. The fourth-order valence-electron chi connectivity index (χ4n) is 2.29. The van der Waals surface area contributed by atoms with Gasteiger partial charge in [0.15, 0.2) is 17.3 Å². The zero-order chi connectivity index (χ0) is 18.2. The number of hydrogen-bond acceptors (Lipinski definition) is 6. The Bertz CT molecular complexity index is 745. The summed E-state index contributed by atoms with van der Waals surface area (Å²) in [5.41, 5.74) is 1.19. The van der Waals surface area contributed by atoms with Gasteiger partial charge in [0.05, 0.1) is 34.1 Å². The van der Waals surface area contributed by atoms with Crippen LogP contribution in [0.1, 0.15) is 10.4 Å². The first kappa shape index (κ1) is 18.2. The summed E-state index contributed by atoms with van der Waals surface area (Å²) in [6, 6.07) is 10.6. The molecule has 2 aromatic rings. The number of nitrogens with one attached hydrogen (secondary N) is 1. The molecule has 0 unspecified atom stereocenters. The van der Waals surface area contributed by atoms with Crippen molar-refractivity contribution in [2.24, 2.45) is 0 Å². The van der Waals surface area contributed by atoms with Crippen LogP contribution in [0, 0.1) is 0 Å². The Morgan fingerprint density at radius 3 is 2.04 bits per heavy atom. The summed E-state index contributed by atoms with van der Waals surface area (Å²) in [7, 11) is 6.11. The Balaban J connectivity index is 2.20. The predicted octanol–water partition coefficient (Wildman–Crippen LogP) is 3.53. The molecule has 132 valence electrons. The number of rotatable bonds is 8. The van der Waals surface area contributed by atoms with Crippen molar-refractivity contribution in [3.8, 4) is 23.0 Å². The summed E-state index contributed by atoms with van der Waals surface area (Å²) < 4.78 is 21.0. The molecule has 6 nitrogen and oxygen atoms in total. The molecule has 0 spiro atoms. The molecule has 0 radical (unpaired) electrons. The van der Waals surface area contributed by atoms with Gasteiger partial charge in [-0.2, -0.15) is 0 Å². The molecular weight excluding hydrogens is 322 g/mol. The highest BCUT2D eigenvalue weighted by Crippen LogP contribution is 2.38. The third-order valence-corrected chi connectivity index (χ3v) is 3.53. The van der Waals surface area contributed by atoms with E-state index in [9.17, 15) is 4.79 Å². The van der Waals surface area contributed by atoms with Gasteiger partial charge in [-0.3, -0.25) is 4.79 Å². The first-order chi connectivity index (χ1) is 12.1. The molecule has 0 aromatic heterocycles. The predicted molar refractivity (Wildman–Crippen MR) is 96.2 cm³/mol. The van der Waals surface area contributed by atoms with Crippen molar-refractivity contribution in [2.45, 2.75) is 0 Å². The van der Waals surface area contributed by atoms with E-state index < -0.39 is 0 Å². The van der Waals surface area contributed by atoms with E-state index in [1.54, 1.807) is 25.4 Å². The molecule has 2 aromatic carbocycles. The lowest BCUT2D eigenvalue weighted by molar-refractivity contribution is 0.104. The molecule has 0 heterocycles. The maximum Gasteiger partial charge on any atom is 0.203 e. The number of carbonyl (C=O) groups is 1. The number of benzene rings is 2. The summed E-state index contributed by atoms with van der Waals surface area (Å²) in [5.74, 6) is 1.78. The van der Waals surface area contributed by atoms with Crippen LogP contribution in [0.25, 0.3) is 0 Å². The fourth-order valence-corrected chi connectivity index (χ4v) is 2.29. The highest BCUT2D eigenvalue weighted by molar-refractivity contribution is 6.05. The zero-order valence-corrected chi connectivity index (χ0v) is 14.7. The number of allylic oxidation sites excluding steroid dienone is 1. The Hall–Kier alpha value is -3.15. The molecular formula is C19H21NO5. The number of hydrogen-bond donors (Lipinski definition) is 1. The molecule has 0 amide bonds. The van der Waals surface area contributed by atoms with Crippen LogP contribution in [-0.4, -0.2) is 34.2 Å². The topological polar surface area (TPSA) is 66.0 Å². The van der Waals surface area contributed by atoms with Gasteiger partial charge in [0.25, 0.3) is 0 Å². The number of carbonyl (C=O) groups excluding carboxylic acids is 1. The SMILES string of the molecule is COc1ccccc1N/C=C/C(=O)c1cc(OC)c(OC)c(OC)c1. The largest absolute Gasteiger partial charge is 0.495 e. The maximum atomic E-state index is 12.4. The van der Waals surface area contributed by atoms with Crippen LogP contribution in [0.3, 0.4) is 0 Å². The molecule has 6 heteroatoms. The van der Waals surface area contributed by atoms with Crippen molar-refractivity contribution in [1.29, 1.82) is 0 Å². The molecule has 25 heavy (non-hydrogen) atoms. The third-order valence-electron chi connectivity index (χ3n) is 3.53. The lowest BCUT2D eigenvalue weighted by atomic mass is 10.1. The second-order valence-electron chi connectivity index (χ2n) is 4.96. The summed E-state index contributed by atoms with van der Waals surface area (Å²) in [6.45, 7) is 0. The van der Waals surface area contributed by atoms with Crippen LogP contribution >= 0.6 is 0 Å². The van der Waals surface area contributed by atoms with Crippen molar-refractivity contribution in [3.63, 3.8) is 0 Å². The quantitative estimate of drug-likeness (QED) is 0.584. The van der Waals surface area contributed by atoms with E-state index in [2.05, 4.69) is 5.32 Å². The molecule has 0 bridgehead atoms. The normalized spacial score (nSPS) is 10.4. The molecule has 2 rings (SSSR count). The van der Waals surface area contributed by atoms with Crippen LogP contribution < -0.4 is 24.3 Å². The Morgan fingerprint density at radius 2 is 1.48 bits per heavy atom. The number of anilines is 1. The average molecular weight is 343 g/mol. The van der Waals surface area contributed by atoms with Crippen LogP contribution in [-0.2, 0) is 0 Å². The van der Waals surface area contributed by atoms with Gasteiger partial charge < -0.3 is 24.3 Å². The van der Waals surface area contributed by atoms with E-state index in [-0.39, 0.29) is 5.78 Å². The van der Waals surface area contributed by atoms with Crippen LogP contribution in [0.5, 0.6) is 23.0 Å². The summed E-state index contributed by atoms with van der Waals surface area (Å²) in [4.78, 5) is 12.4. The van der Waals surface area contributed by atoms with E-state index >= 15 is 0 Å². The number of ketones is 1. The van der Waals surface area contributed by atoms with Crippen LogP contribution in [0.15, 0.2) is 48.7 Å². The van der Waals surface area contributed by atoms with Crippen molar-refractivity contribution < 1.29 is 23.7 Å². The highest BCUT2D eigenvalue weighted by Gasteiger charge is 2.15. The summed E-state index contributed by atoms with van der Waals surface area (Å²) >= 11 is 0. The van der Waals surface area contributed by atoms with Crippen molar-refractivity contribution >= 4 is 11.5 Å². The monoisotopic (exact) mass is 343 g/mol. The molecule has 0 aliphatic rings. The van der Waals surface area contributed by atoms with Gasteiger partial charge in [-0.1, -0.05) is 12.1 Å². The van der Waals surface area contributed by atoms with Gasteiger partial charge in [0, 0.05) is 17.8 Å². The Labute approximate surface area is 147 Å². The van der Waals surface area contributed by atoms with Crippen LogP contribution in [0.4, 0.5) is 5.69 Å². The van der Waals surface area contributed by atoms with E-state index in [1.165, 1.54) is 27.4 Å². The van der Waals surface area contributed by atoms with Gasteiger partial charge in [-0.15, -0.1) is 0 Å². The molecule has 0 aliphatic carbocycles. The maximum absolute atomic E-state index is 12.4. The first-order valence-electron chi connectivity index (χ1n) is 7.55. The van der Waals surface area contributed by atoms with Gasteiger partial charge in [-0.25, -0.2) is 0 Å². The molecule has 0 saturated carbocycles. The zero-order valence-electron chi connectivity index (χ0n) is 14.7. The van der Waals surface area contributed by atoms with Crippen LogP contribution in [0.2, 0.25) is 0 Å². The Morgan fingerprint density at radius 1 is 0.880 bits per heavy atom. The minimum Gasteiger partial charge on any atom is -0.495 e.